The summed E-state index contributed by atoms with van der Waals surface area (Å²) in [4.78, 5) is 0. The second kappa shape index (κ2) is 6.02. The molecule has 3 nitrogen and oxygen atoms in total. The second-order valence-corrected chi connectivity index (χ2v) is 5.43. The predicted octanol–water partition coefficient (Wildman–Crippen LogP) is 2.53. The van der Waals surface area contributed by atoms with Gasteiger partial charge >= 0.3 is 0 Å². The Morgan fingerprint density at radius 1 is 1.44 bits per heavy atom. The predicted molar refractivity (Wildman–Crippen MR) is 72.9 cm³/mol. The lowest BCUT2D eigenvalue weighted by Gasteiger charge is -2.33. The quantitative estimate of drug-likeness (QED) is 0.883. The Hall–Kier alpha value is -0.610. The maximum Gasteiger partial charge on any atom is 0.0815 e. The minimum Gasteiger partial charge on any atom is -0.388 e. The molecular weight excluding hydrogens is 250 g/mol. The van der Waals surface area contributed by atoms with Gasteiger partial charge in [0.05, 0.1) is 5.60 Å². The molecule has 2 rings (SSSR count). The van der Waals surface area contributed by atoms with Gasteiger partial charge in [0.2, 0.25) is 0 Å². The number of ether oxygens (including phenoxy) is 1. The molecule has 18 heavy (non-hydrogen) atoms. The van der Waals surface area contributed by atoms with Crippen LogP contribution in [0.2, 0.25) is 5.02 Å². The minimum absolute atomic E-state index is 0.176. The largest absolute Gasteiger partial charge is 0.388 e. The summed E-state index contributed by atoms with van der Waals surface area (Å²) >= 11 is 5.97. The Kier molecular flexibility index (Phi) is 4.62. The zero-order valence-electron chi connectivity index (χ0n) is 10.7. The van der Waals surface area contributed by atoms with E-state index in [2.05, 4.69) is 12.2 Å². The lowest BCUT2D eigenvalue weighted by molar-refractivity contribution is -0.0626. The highest BCUT2D eigenvalue weighted by Crippen LogP contribution is 2.22. The van der Waals surface area contributed by atoms with Crippen LogP contribution in [0.1, 0.15) is 31.4 Å². The molecular formula is C14H20ClNO2. The van der Waals surface area contributed by atoms with Crippen LogP contribution in [0.15, 0.2) is 24.3 Å². The van der Waals surface area contributed by atoms with E-state index < -0.39 is 5.60 Å². The van der Waals surface area contributed by atoms with Crippen LogP contribution >= 0.6 is 11.6 Å². The van der Waals surface area contributed by atoms with Gasteiger partial charge in [-0.15, -0.1) is 0 Å². The van der Waals surface area contributed by atoms with Gasteiger partial charge in [-0.25, -0.2) is 0 Å². The standard InChI is InChI=1S/C14H20ClNO2/c1-11(12-3-2-4-13(15)9-12)16-10-14(17)5-7-18-8-6-14/h2-4,9,11,16-17H,5-8,10H2,1H3. The van der Waals surface area contributed by atoms with Crippen LogP contribution in [0, 0.1) is 0 Å². The average Bonchev–Trinajstić information content (AvgIpc) is 2.37. The molecule has 0 aliphatic carbocycles. The van der Waals surface area contributed by atoms with E-state index in [-0.39, 0.29) is 6.04 Å². The van der Waals surface area contributed by atoms with Gasteiger partial charge in [-0.05, 0) is 24.6 Å². The number of rotatable bonds is 4. The molecule has 1 aliphatic rings. The van der Waals surface area contributed by atoms with Gasteiger partial charge in [-0.1, -0.05) is 23.7 Å². The van der Waals surface area contributed by atoms with Gasteiger partial charge in [-0.2, -0.15) is 0 Å². The smallest absolute Gasteiger partial charge is 0.0815 e. The third-order valence-corrected chi connectivity index (χ3v) is 3.74. The number of hydrogen-bond donors (Lipinski definition) is 2. The van der Waals surface area contributed by atoms with Crippen LogP contribution in [-0.2, 0) is 4.74 Å². The van der Waals surface area contributed by atoms with Crippen LogP contribution in [0.5, 0.6) is 0 Å². The summed E-state index contributed by atoms with van der Waals surface area (Å²) in [5, 5.41) is 14.5. The highest BCUT2D eigenvalue weighted by Gasteiger charge is 2.29. The highest BCUT2D eigenvalue weighted by atomic mass is 35.5. The molecule has 1 fully saturated rings. The summed E-state index contributed by atoms with van der Waals surface area (Å²) in [7, 11) is 0. The van der Waals surface area contributed by atoms with Crippen LogP contribution in [-0.4, -0.2) is 30.5 Å². The van der Waals surface area contributed by atoms with Crippen LogP contribution in [0.4, 0.5) is 0 Å². The molecule has 1 aromatic carbocycles. The number of nitrogens with one attached hydrogen (secondary N) is 1. The molecule has 0 aromatic heterocycles. The van der Waals surface area contributed by atoms with Gasteiger partial charge < -0.3 is 15.2 Å². The molecule has 0 amide bonds. The molecule has 1 saturated heterocycles. The molecule has 1 heterocycles. The van der Waals surface area contributed by atoms with E-state index in [0.717, 1.165) is 10.6 Å². The lowest BCUT2D eigenvalue weighted by atomic mass is 9.94. The Balaban J connectivity index is 1.89. The molecule has 1 aliphatic heterocycles. The van der Waals surface area contributed by atoms with Crippen molar-refractivity contribution in [2.45, 2.75) is 31.4 Å². The van der Waals surface area contributed by atoms with Crippen molar-refractivity contribution in [3.63, 3.8) is 0 Å². The maximum absolute atomic E-state index is 10.4. The highest BCUT2D eigenvalue weighted by molar-refractivity contribution is 6.30. The zero-order valence-corrected chi connectivity index (χ0v) is 11.4. The van der Waals surface area contributed by atoms with E-state index in [1.54, 1.807) is 0 Å². The summed E-state index contributed by atoms with van der Waals surface area (Å²) < 4.78 is 5.27. The van der Waals surface area contributed by atoms with Crippen molar-refractivity contribution in [2.75, 3.05) is 19.8 Å². The van der Waals surface area contributed by atoms with Crippen molar-refractivity contribution < 1.29 is 9.84 Å². The van der Waals surface area contributed by atoms with Crippen molar-refractivity contribution in [2.24, 2.45) is 0 Å². The molecule has 0 spiro atoms. The van der Waals surface area contributed by atoms with Crippen molar-refractivity contribution in [3.05, 3.63) is 34.9 Å². The summed E-state index contributed by atoms with van der Waals surface area (Å²) in [6.45, 7) is 3.95. The van der Waals surface area contributed by atoms with Gasteiger partial charge in [0, 0.05) is 43.7 Å². The Labute approximate surface area is 113 Å². The summed E-state index contributed by atoms with van der Waals surface area (Å²) in [5.41, 5.74) is 0.503. The molecule has 2 N–H and O–H groups in total. The molecule has 1 aromatic rings. The monoisotopic (exact) mass is 269 g/mol. The Morgan fingerprint density at radius 3 is 2.83 bits per heavy atom. The number of benzene rings is 1. The van der Waals surface area contributed by atoms with Crippen molar-refractivity contribution in [3.8, 4) is 0 Å². The minimum atomic E-state index is -0.634. The van der Waals surface area contributed by atoms with E-state index >= 15 is 0 Å². The lowest BCUT2D eigenvalue weighted by Crippen LogP contribution is -2.45. The van der Waals surface area contributed by atoms with E-state index in [0.29, 0.717) is 32.6 Å². The van der Waals surface area contributed by atoms with Crippen LogP contribution < -0.4 is 5.32 Å². The zero-order chi connectivity index (χ0) is 13.0. The van der Waals surface area contributed by atoms with Gasteiger partial charge in [0.25, 0.3) is 0 Å². The van der Waals surface area contributed by atoms with Crippen molar-refractivity contribution in [1.29, 1.82) is 0 Å². The first-order chi connectivity index (χ1) is 8.59. The average molecular weight is 270 g/mol. The Morgan fingerprint density at radius 2 is 2.17 bits per heavy atom. The third kappa shape index (κ3) is 3.69. The van der Waals surface area contributed by atoms with E-state index in [4.69, 9.17) is 16.3 Å². The molecule has 0 saturated carbocycles. The van der Waals surface area contributed by atoms with Crippen molar-refractivity contribution in [1.82, 2.24) is 5.32 Å². The Bertz CT molecular complexity index is 391. The molecule has 100 valence electrons. The fourth-order valence-electron chi connectivity index (χ4n) is 2.16. The van der Waals surface area contributed by atoms with Gasteiger partial charge in [-0.3, -0.25) is 0 Å². The summed E-state index contributed by atoms with van der Waals surface area (Å²) in [6.07, 6.45) is 1.39. The van der Waals surface area contributed by atoms with E-state index in [1.165, 1.54) is 0 Å². The first kappa shape index (κ1) is 13.8. The second-order valence-electron chi connectivity index (χ2n) is 4.99. The number of aliphatic hydroxyl groups is 1. The van der Waals surface area contributed by atoms with E-state index in [1.807, 2.05) is 24.3 Å². The van der Waals surface area contributed by atoms with Gasteiger partial charge in [0.1, 0.15) is 0 Å². The molecule has 0 bridgehead atoms. The fourth-order valence-corrected chi connectivity index (χ4v) is 2.36. The third-order valence-electron chi connectivity index (χ3n) is 3.51. The maximum atomic E-state index is 10.4. The molecule has 4 heteroatoms. The SMILES string of the molecule is CC(NCC1(O)CCOCC1)c1cccc(Cl)c1. The fraction of sp³-hybridized carbons (Fsp3) is 0.571. The number of hydrogen-bond acceptors (Lipinski definition) is 3. The molecule has 1 atom stereocenters. The van der Waals surface area contributed by atoms with Crippen LogP contribution in [0.3, 0.4) is 0 Å². The normalized spacial score (nSPS) is 20.6. The first-order valence-corrected chi connectivity index (χ1v) is 6.76. The first-order valence-electron chi connectivity index (χ1n) is 6.38. The molecule has 1 unspecified atom stereocenters. The number of halogens is 1. The topological polar surface area (TPSA) is 41.5 Å². The molecule has 0 radical (unpaired) electrons. The summed E-state index contributed by atoms with van der Waals surface area (Å²) in [6, 6.07) is 7.98. The van der Waals surface area contributed by atoms with Crippen LogP contribution in [0.25, 0.3) is 0 Å². The van der Waals surface area contributed by atoms with E-state index in [9.17, 15) is 5.11 Å². The van der Waals surface area contributed by atoms with Gasteiger partial charge in [0.15, 0.2) is 0 Å². The van der Waals surface area contributed by atoms with Crippen molar-refractivity contribution >= 4 is 11.6 Å². The summed E-state index contributed by atoms with van der Waals surface area (Å²) in [5.74, 6) is 0.